The van der Waals surface area contributed by atoms with Crippen molar-refractivity contribution >= 4 is 5.97 Å². The number of ether oxygens (including phenoxy) is 2. The molecule has 0 N–H and O–H groups in total. The van der Waals surface area contributed by atoms with Crippen LogP contribution in [0.5, 0.6) is 5.75 Å². The van der Waals surface area contributed by atoms with Gasteiger partial charge in [-0.25, -0.2) is 4.79 Å². The molecule has 0 aromatic heterocycles. The second-order valence-electron chi connectivity index (χ2n) is 3.99. The number of para-hydroxylation sites is 1. The fourth-order valence-corrected chi connectivity index (χ4v) is 1.44. The third-order valence-corrected chi connectivity index (χ3v) is 2.43. The Hall–Kier alpha value is -1.59. The second-order valence-corrected chi connectivity index (χ2v) is 3.99. The lowest BCUT2D eigenvalue weighted by Gasteiger charge is -2.08. The molecule has 0 heterocycles. The molecule has 0 aliphatic heterocycles. The van der Waals surface area contributed by atoms with E-state index in [1.165, 1.54) is 6.61 Å². The van der Waals surface area contributed by atoms with Crippen LogP contribution in [0.25, 0.3) is 0 Å². The van der Waals surface area contributed by atoms with Crippen molar-refractivity contribution in [3.05, 3.63) is 36.4 Å². The molecule has 0 fully saturated rings. The van der Waals surface area contributed by atoms with Crippen molar-refractivity contribution in [3.63, 3.8) is 0 Å². The highest BCUT2D eigenvalue weighted by Gasteiger charge is 2.14. The number of benzene rings is 1. The van der Waals surface area contributed by atoms with E-state index in [0.29, 0.717) is 24.5 Å². The van der Waals surface area contributed by atoms with Crippen molar-refractivity contribution in [1.82, 2.24) is 0 Å². The van der Waals surface area contributed by atoms with Gasteiger partial charge in [-0.05, 0) is 25.5 Å². The molecule has 0 bridgehead atoms. The van der Waals surface area contributed by atoms with E-state index in [1.807, 2.05) is 6.92 Å². The summed E-state index contributed by atoms with van der Waals surface area (Å²) in [5.41, 5.74) is 0.328. The Kier molecular flexibility index (Phi) is 8.42. The molecule has 0 aliphatic carbocycles. The number of carbonyl (C=O) groups is 1. The van der Waals surface area contributed by atoms with Crippen LogP contribution in [0.2, 0.25) is 0 Å². The lowest BCUT2D eigenvalue weighted by atomic mass is 10.2. The Morgan fingerprint density at radius 3 is 2.80 bits per heavy atom. The Morgan fingerprint density at radius 2 is 2.05 bits per heavy atom. The summed E-state index contributed by atoms with van der Waals surface area (Å²) in [4.78, 5) is 21.2. The standard InChI is InChI=1S/C15H21O5/c1-3-5-10-17-11-12-19-20-15(16)13-8-6-7-9-14(13)18-4-2/h6-9,12H,3-5,10-11H2,1-2H3. The van der Waals surface area contributed by atoms with Gasteiger partial charge in [0.1, 0.15) is 11.3 Å². The number of hydrogen-bond donors (Lipinski definition) is 0. The lowest BCUT2D eigenvalue weighted by Crippen LogP contribution is -2.09. The molecule has 0 amide bonds. The summed E-state index contributed by atoms with van der Waals surface area (Å²) in [6.45, 7) is 6.65. The minimum Gasteiger partial charge on any atom is -0.493 e. The molecule has 1 aromatic rings. The molecule has 1 rings (SSSR count). The maximum Gasteiger partial charge on any atom is 0.376 e. The van der Waals surface area contributed by atoms with Crippen molar-refractivity contribution in [1.29, 1.82) is 0 Å². The van der Waals surface area contributed by atoms with E-state index in [4.69, 9.17) is 14.4 Å². The molecular formula is C15H21O5. The average Bonchev–Trinajstić information content (AvgIpc) is 2.47. The van der Waals surface area contributed by atoms with Gasteiger partial charge in [0.25, 0.3) is 0 Å². The monoisotopic (exact) mass is 281 g/mol. The molecule has 0 atom stereocenters. The van der Waals surface area contributed by atoms with Crippen LogP contribution >= 0.6 is 0 Å². The molecule has 5 heteroatoms. The molecule has 0 unspecified atom stereocenters. The highest BCUT2D eigenvalue weighted by atomic mass is 17.2. The third kappa shape index (κ3) is 6.04. The average molecular weight is 281 g/mol. The Bertz CT molecular complexity index is 392. The normalized spacial score (nSPS) is 10.3. The van der Waals surface area contributed by atoms with Gasteiger partial charge in [-0.1, -0.05) is 25.5 Å². The molecule has 0 spiro atoms. The lowest BCUT2D eigenvalue weighted by molar-refractivity contribution is -0.218. The number of rotatable bonds is 10. The number of carbonyl (C=O) groups excluding carboxylic acids is 1. The first kappa shape index (κ1) is 16.5. The largest absolute Gasteiger partial charge is 0.493 e. The van der Waals surface area contributed by atoms with Crippen molar-refractivity contribution in [2.24, 2.45) is 0 Å². The molecule has 0 saturated carbocycles. The van der Waals surface area contributed by atoms with Gasteiger partial charge in [0.2, 0.25) is 0 Å². The first-order valence-corrected chi connectivity index (χ1v) is 6.78. The van der Waals surface area contributed by atoms with Crippen LogP contribution in [0.1, 0.15) is 37.0 Å². The quantitative estimate of drug-likeness (QED) is 0.374. The number of hydrogen-bond acceptors (Lipinski definition) is 5. The Labute approximate surface area is 119 Å². The zero-order valence-electron chi connectivity index (χ0n) is 12.0. The summed E-state index contributed by atoms with van der Waals surface area (Å²) in [5.74, 6) is -0.123. The first-order chi connectivity index (χ1) is 9.79. The van der Waals surface area contributed by atoms with Crippen molar-refractivity contribution in [2.45, 2.75) is 26.7 Å². The van der Waals surface area contributed by atoms with Gasteiger partial charge in [0.15, 0.2) is 6.61 Å². The van der Waals surface area contributed by atoms with Crippen LogP contribution in [-0.2, 0) is 14.5 Å². The SMILES string of the molecule is CCCCOC[CH]OOC(=O)c1ccccc1OCC. The smallest absolute Gasteiger partial charge is 0.376 e. The van der Waals surface area contributed by atoms with Crippen molar-refractivity contribution < 1.29 is 24.0 Å². The topological polar surface area (TPSA) is 54.0 Å². The van der Waals surface area contributed by atoms with Crippen LogP contribution in [0, 0.1) is 6.61 Å². The van der Waals surface area contributed by atoms with Gasteiger partial charge in [0, 0.05) is 6.61 Å². The van der Waals surface area contributed by atoms with Gasteiger partial charge >= 0.3 is 5.97 Å². The maximum absolute atomic E-state index is 11.8. The third-order valence-electron chi connectivity index (χ3n) is 2.43. The molecule has 1 radical (unpaired) electrons. The molecule has 111 valence electrons. The van der Waals surface area contributed by atoms with Gasteiger partial charge < -0.3 is 9.47 Å². The van der Waals surface area contributed by atoms with Gasteiger partial charge in [-0.15, -0.1) is 0 Å². The highest BCUT2D eigenvalue weighted by Crippen LogP contribution is 2.19. The van der Waals surface area contributed by atoms with Gasteiger partial charge in [-0.2, -0.15) is 4.89 Å². The van der Waals surface area contributed by atoms with E-state index >= 15 is 0 Å². The first-order valence-electron chi connectivity index (χ1n) is 6.78. The second kappa shape index (κ2) is 10.2. The highest BCUT2D eigenvalue weighted by molar-refractivity contribution is 5.92. The predicted molar refractivity (Wildman–Crippen MR) is 74.1 cm³/mol. The van der Waals surface area contributed by atoms with Crippen LogP contribution in [-0.4, -0.2) is 25.8 Å². The Balaban J connectivity index is 2.29. The fraction of sp³-hybridized carbons (Fsp3) is 0.467. The van der Waals surface area contributed by atoms with Crippen LogP contribution in [0.15, 0.2) is 24.3 Å². The van der Waals surface area contributed by atoms with E-state index in [1.54, 1.807) is 24.3 Å². The summed E-state index contributed by atoms with van der Waals surface area (Å²) >= 11 is 0. The van der Waals surface area contributed by atoms with E-state index in [-0.39, 0.29) is 6.61 Å². The van der Waals surface area contributed by atoms with Crippen LogP contribution in [0.3, 0.4) is 0 Å². The maximum atomic E-state index is 11.8. The van der Waals surface area contributed by atoms with Crippen LogP contribution < -0.4 is 4.74 Å². The predicted octanol–water partition coefficient (Wildman–Crippen LogP) is 3.15. The van der Waals surface area contributed by atoms with E-state index < -0.39 is 5.97 Å². The van der Waals surface area contributed by atoms with Crippen LogP contribution in [0.4, 0.5) is 0 Å². The van der Waals surface area contributed by atoms with E-state index in [9.17, 15) is 4.79 Å². The molecular weight excluding hydrogens is 260 g/mol. The fourth-order valence-electron chi connectivity index (χ4n) is 1.44. The number of unbranched alkanes of at least 4 members (excludes halogenated alkanes) is 1. The van der Waals surface area contributed by atoms with E-state index in [0.717, 1.165) is 12.8 Å². The van der Waals surface area contributed by atoms with Gasteiger partial charge in [-0.3, -0.25) is 4.89 Å². The van der Waals surface area contributed by atoms with Crippen molar-refractivity contribution in [2.75, 3.05) is 19.8 Å². The summed E-state index contributed by atoms with van der Waals surface area (Å²) in [6.07, 6.45) is 2.07. The molecule has 20 heavy (non-hydrogen) atoms. The molecule has 0 saturated heterocycles. The molecule has 1 aromatic carbocycles. The van der Waals surface area contributed by atoms with Gasteiger partial charge in [0.05, 0.1) is 13.2 Å². The van der Waals surface area contributed by atoms with E-state index in [2.05, 4.69) is 11.8 Å². The summed E-state index contributed by atoms with van der Waals surface area (Å²) in [6, 6.07) is 6.85. The molecule has 0 aliphatic rings. The summed E-state index contributed by atoms with van der Waals surface area (Å²) in [5, 5.41) is 0. The minimum atomic E-state index is -0.598. The molecule has 5 nitrogen and oxygen atoms in total. The minimum absolute atomic E-state index is 0.278. The zero-order chi connectivity index (χ0) is 14.6. The summed E-state index contributed by atoms with van der Waals surface area (Å²) < 4.78 is 10.6. The van der Waals surface area contributed by atoms with Crippen molar-refractivity contribution in [3.8, 4) is 5.75 Å². The summed E-state index contributed by atoms with van der Waals surface area (Å²) in [7, 11) is 0. The Morgan fingerprint density at radius 1 is 1.25 bits per heavy atom. The zero-order valence-corrected chi connectivity index (χ0v) is 12.0.